The van der Waals surface area contributed by atoms with Crippen LogP contribution in [0.5, 0.6) is 0 Å². The van der Waals surface area contributed by atoms with Gasteiger partial charge >= 0.3 is 0 Å². The summed E-state index contributed by atoms with van der Waals surface area (Å²) in [7, 11) is 1.85. The first-order valence-electron chi connectivity index (χ1n) is 8.19. The molecule has 1 aromatic rings. The second-order valence-corrected chi connectivity index (χ2v) is 7.39. The lowest BCUT2D eigenvalue weighted by Crippen LogP contribution is -3.11. The molecule has 1 aromatic carbocycles. The van der Waals surface area contributed by atoms with Crippen LogP contribution in [0.25, 0.3) is 0 Å². The first kappa shape index (κ1) is 19.0. The van der Waals surface area contributed by atoms with Crippen LogP contribution in [0.3, 0.4) is 0 Å². The molecule has 1 fully saturated rings. The molecule has 0 spiro atoms. The van der Waals surface area contributed by atoms with E-state index < -0.39 is 0 Å². The van der Waals surface area contributed by atoms with E-state index >= 15 is 0 Å². The zero-order valence-corrected chi connectivity index (χ0v) is 15.6. The van der Waals surface area contributed by atoms with Crippen molar-refractivity contribution in [2.45, 2.75) is 19.8 Å². The molecule has 1 aliphatic heterocycles. The number of benzene rings is 1. The van der Waals surface area contributed by atoms with E-state index in [0.29, 0.717) is 28.2 Å². The van der Waals surface area contributed by atoms with Crippen molar-refractivity contribution < 1.29 is 14.5 Å². The number of piperidine rings is 1. The Morgan fingerprint density at radius 3 is 2.71 bits per heavy atom. The lowest BCUT2D eigenvalue weighted by Gasteiger charge is -2.31. The van der Waals surface area contributed by atoms with Gasteiger partial charge in [-0.15, -0.1) is 0 Å². The first-order chi connectivity index (χ1) is 11.3. The third kappa shape index (κ3) is 5.65. The number of likely N-dealkylation sites (N-methyl/N-ethyl adjacent to an activating group) is 1. The highest BCUT2D eigenvalue weighted by molar-refractivity contribution is 6.42. The minimum Gasteiger partial charge on any atom is -0.338 e. The monoisotopic (exact) mass is 372 g/mol. The number of halogens is 2. The summed E-state index contributed by atoms with van der Waals surface area (Å²) < 4.78 is 0. The van der Waals surface area contributed by atoms with Gasteiger partial charge in [-0.25, -0.2) is 0 Å². The molecule has 0 radical (unpaired) electrons. The number of likely N-dealkylation sites (tertiary alicyclic amines) is 1. The van der Waals surface area contributed by atoms with Crippen LogP contribution in [-0.2, 0) is 9.59 Å². The van der Waals surface area contributed by atoms with Gasteiger partial charge in [-0.05, 0) is 37.0 Å². The fourth-order valence-corrected chi connectivity index (χ4v) is 3.20. The zero-order chi connectivity index (χ0) is 17.7. The molecule has 2 rings (SSSR count). The summed E-state index contributed by atoms with van der Waals surface area (Å²) in [6.07, 6.45) is 2.24. The number of rotatable bonds is 5. The van der Waals surface area contributed by atoms with E-state index in [1.807, 2.05) is 11.9 Å². The van der Waals surface area contributed by atoms with Gasteiger partial charge in [-0.1, -0.05) is 30.1 Å². The van der Waals surface area contributed by atoms with Gasteiger partial charge in [0.2, 0.25) is 0 Å². The predicted octanol–water partition coefficient (Wildman–Crippen LogP) is 1.71. The highest BCUT2D eigenvalue weighted by Crippen LogP contribution is 2.24. The van der Waals surface area contributed by atoms with Gasteiger partial charge in [0.1, 0.15) is 0 Å². The van der Waals surface area contributed by atoms with Gasteiger partial charge < -0.3 is 15.1 Å². The van der Waals surface area contributed by atoms with Crippen LogP contribution in [-0.4, -0.2) is 49.9 Å². The normalized spacial score (nSPS) is 19.0. The van der Waals surface area contributed by atoms with Gasteiger partial charge in [-0.3, -0.25) is 9.59 Å². The number of carbonyl (C=O) groups is 2. The Kier molecular flexibility index (Phi) is 6.90. The third-order valence-corrected chi connectivity index (χ3v) is 4.87. The van der Waals surface area contributed by atoms with Crippen LogP contribution < -0.4 is 10.2 Å². The smallest absolute Gasteiger partial charge is 0.279 e. The fraction of sp³-hybridized carbons (Fsp3) is 0.529. The van der Waals surface area contributed by atoms with E-state index in [9.17, 15) is 9.59 Å². The SMILES string of the molecule is C[C@H]1CCCN(C(=O)C[NH+](C)CC(=O)Nc2ccc(Cl)c(Cl)c2)C1. The van der Waals surface area contributed by atoms with Crippen molar-refractivity contribution in [2.75, 3.05) is 38.5 Å². The molecule has 1 unspecified atom stereocenters. The second-order valence-electron chi connectivity index (χ2n) is 6.57. The molecule has 5 nitrogen and oxygen atoms in total. The molecule has 1 heterocycles. The molecule has 0 aromatic heterocycles. The summed E-state index contributed by atoms with van der Waals surface area (Å²) >= 11 is 11.8. The summed E-state index contributed by atoms with van der Waals surface area (Å²) in [5, 5.41) is 3.61. The van der Waals surface area contributed by atoms with Crippen molar-refractivity contribution >= 4 is 40.7 Å². The molecule has 2 N–H and O–H groups in total. The van der Waals surface area contributed by atoms with E-state index in [1.165, 1.54) is 6.42 Å². The lowest BCUT2D eigenvalue weighted by atomic mass is 10.0. The van der Waals surface area contributed by atoms with Crippen molar-refractivity contribution in [3.05, 3.63) is 28.2 Å². The van der Waals surface area contributed by atoms with Crippen LogP contribution in [0.15, 0.2) is 18.2 Å². The maximum absolute atomic E-state index is 12.3. The molecule has 24 heavy (non-hydrogen) atoms. The highest BCUT2D eigenvalue weighted by Gasteiger charge is 2.24. The molecule has 2 amide bonds. The average molecular weight is 373 g/mol. The Morgan fingerprint density at radius 1 is 1.29 bits per heavy atom. The van der Waals surface area contributed by atoms with Crippen molar-refractivity contribution in [1.29, 1.82) is 0 Å². The number of nitrogens with zero attached hydrogens (tertiary/aromatic N) is 1. The molecular formula is C17H24Cl2N3O2+. The van der Waals surface area contributed by atoms with Crippen molar-refractivity contribution in [3.8, 4) is 0 Å². The Hall–Kier alpha value is -1.30. The van der Waals surface area contributed by atoms with Crippen LogP contribution in [0.2, 0.25) is 10.0 Å². The van der Waals surface area contributed by atoms with Crippen LogP contribution in [0, 0.1) is 5.92 Å². The first-order valence-corrected chi connectivity index (χ1v) is 8.94. The van der Waals surface area contributed by atoms with Crippen LogP contribution in [0.1, 0.15) is 19.8 Å². The van der Waals surface area contributed by atoms with Gasteiger partial charge in [0.25, 0.3) is 11.8 Å². The third-order valence-electron chi connectivity index (χ3n) is 4.13. The summed E-state index contributed by atoms with van der Waals surface area (Å²) in [5.74, 6) is 0.507. The maximum Gasteiger partial charge on any atom is 0.279 e. The van der Waals surface area contributed by atoms with Crippen LogP contribution >= 0.6 is 23.2 Å². The number of hydrogen-bond donors (Lipinski definition) is 2. The maximum atomic E-state index is 12.3. The number of amides is 2. The number of quaternary nitrogens is 1. The highest BCUT2D eigenvalue weighted by atomic mass is 35.5. The summed E-state index contributed by atoms with van der Waals surface area (Å²) in [5.41, 5.74) is 0.596. The standard InChI is InChI=1S/C17H23Cl2N3O2/c1-12-4-3-7-22(9-12)17(24)11-21(2)10-16(23)20-13-5-6-14(18)15(19)8-13/h5-6,8,12H,3-4,7,9-11H2,1-2H3,(H,20,23)/p+1/t12-/m0/s1. The van der Waals surface area contributed by atoms with Gasteiger partial charge in [-0.2, -0.15) is 0 Å². The lowest BCUT2D eigenvalue weighted by molar-refractivity contribution is -0.862. The predicted molar refractivity (Wildman–Crippen MR) is 96.7 cm³/mol. The fourth-order valence-electron chi connectivity index (χ4n) is 2.90. The van der Waals surface area contributed by atoms with E-state index in [1.54, 1.807) is 18.2 Å². The largest absolute Gasteiger partial charge is 0.338 e. The number of nitrogens with one attached hydrogen (secondary N) is 2. The minimum absolute atomic E-state index is 0.112. The zero-order valence-electron chi connectivity index (χ0n) is 14.1. The van der Waals surface area contributed by atoms with E-state index in [-0.39, 0.29) is 18.4 Å². The van der Waals surface area contributed by atoms with Crippen molar-refractivity contribution in [3.63, 3.8) is 0 Å². The van der Waals surface area contributed by atoms with Crippen molar-refractivity contribution in [1.82, 2.24) is 4.90 Å². The molecule has 7 heteroatoms. The summed E-state index contributed by atoms with van der Waals surface area (Å²) in [6, 6.07) is 4.94. The quantitative estimate of drug-likeness (QED) is 0.826. The average Bonchev–Trinajstić information content (AvgIpc) is 2.50. The molecular weight excluding hydrogens is 349 g/mol. The Labute approximate surface area is 152 Å². The van der Waals surface area contributed by atoms with Crippen LogP contribution in [0.4, 0.5) is 5.69 Å². The Balaban J connectivity index is 1.80. The molecule has 0 saturated carbocycles. The summed E-state index contributed by atoms with van der Waals surface area (Å²) in [4.78, 5) is 27.2. The van der Waals surface area contributed by atoms with E-state index in [2.05, 4.69) is 12.2 Å². The molecule has 132 valence electrons. The topological polar surface area (TPSA) is 53.9 Å². The van der Waals surface area contributed by atoms with Gasteiger partial charge in [0.05, 0.1) is 17.1 Å². The molecule has 1 aliphatic rings. The van der Waals surface area contributed by atoms with E-state index in [4.69, 9.17) is 23.2 Å². The molecule has 1 saturated heterocycles. The van der Waals surface area contributed by atoms with Gasteiger partial charge in [0.15, 0.2) is 13.1 Å². The number of anilines is 1. The molecule has 0 aliphatic carbocycles. The summed E-state index contributed by atoms with van der Waals surface area (Å²) in [6.45, 7) is 4.35. The van der Waals surface area contributed by atoms with Crippen molar-refractivity contribution in [2.24, 2.45) is 5.92 Å². The second kappa shape index (κ2) is 8.70. The minimum atomic E-state index is -0.161. The number of carbonyl (C=O) groups excluding carboxylic acids is 2. The molecule has 2 atom stereocenters. The van der Waals surface area contributed by atoms with Gasteiger partial charge in [0, 0.05) is 18.8 Å². The Morgan fingerprint density at radius 2 is 2.04 bits per heavy atom. The Bertz CT molecular complexity index is 609. The molecule has 0 bridgehead atoms. The van der Waals surface area contributed by atoms with E-state index in [0.717, 1.165) is 24.4 Å². The number of hydrogen-bond acceptors (Lipinski definition) is 2.